The van der Waals surface area contributed by atoms with E-state index in [0.29, 0.717) is 5.33 Å². The summed E-state index contributed by atoms with van der Waals surface area (Å²) >= 11 is 8.90. The molecule has 0 aliphatic carbocycles. The first-order valence-electron chi connectivity index (χ1n) is 5.92. The number of nitro benzene ring substituents is 1. The average molecular weight is 375 g/mol. The molecule has 21 heavy (non-hydrogen) atoms. The van der Waals surface area contributed by atoms with E-state index in [4.69, 9.17) is 16.3 Å². The van der Waals surface area contributed by atoms with Gasteiger partial charge in [-0.2, -0.15) is 0 Å². The summed E-state index contributed by atoms with van der Waals surface area (Å²) in [6.45, 7) is -0.138. The van der Waals surface area contributed by atoms with E-state index >= 15 is 0 Å². The molecule has 0 aromatic heterocycles. The summed E-state index contributed by atoms with van der Waals surface area (Å²) in [6, 6.07) is 9.14. The van der Waals surface area contributed by atoms with Crippen molar-refractivity contribution in [3.8, 4) is 5.75 Å². The van der Waals surface area contributed by atoms with Crippen LogP contribution in [0.4, 0.5) is 10.1 Å². The van der Waals surface area contributed by atoms with Crippen molar-refractivity contribution in [2.45, 2.75) is 11.9 Å². The number of alkyl halides is 1. The molecule has 0 heterocycles. The van der Waals surface area contributed by atoms with Crippen LogP contribution in [0.15, 0.2) is 36.4 Å². The Morgan fingerprint density at radius 3 is 2.76 bits per heavy atom. The number of nitrogens with zero attached hydrogens (tertiary/aromatic N) is 1. The molecule has 0 aliphatic heterocycles. The molecule has 0 bridgehead atoms. The van der Waals surface area contributed by atoms with Gasteiger partial charge in [0.25, 0.3) is 0 Å². The Morgan fingerprint density at radius 1 is 1.33 bits per heavy atom. The van der Waals surface area contributed by atoms with Gasteiger partial charge in [-0.3, -0.25) is 10.1 Å². The highest BCUT2D eigenvalue weighted by atomic mass is 79.9. The fraction of sp³-hybridized carbons (Fsp3) is 0.143. The van der Waals surface area contributed by atoms with E-state index in [0.717, 1.165) is 5.56 Å². The van der Waals surface area contributed by atoms with Gasteiger partial charge in [-0.25, -0.2) is 4.39 Å². The molecule has 7 heteroatoms. The summed E-state index contributed by atoms with van der Waals surface area (Å²) in [6.07, 6.45) is 0. The average Bonchev–Trinajstić information content (AvgIpc) is 2.48. The lowest BCUT2D eigenvalue weighted by Crippen LogP contribution is -2.02. The third-order valence-corrected chi connectivity index (χ3v) is 3.73. The first-order chi connectivity index (χ1) is 10.0. The molecule has 0 saturated heterocycles. The minimum atomic E-state index is -0.584. The summed E-state index contributed by atoms with van der Waals surface area (Å²) in [7, 11) is 0. The van der Waals surface area contributed by atoms with Gasteiger partial charge in [0, 0.05) is 17.0 Å². The molecular weight excluding hydrogens is 365 g/mol. The van der Waals surface area contributed by atoms with Crippen molar-refractivity contribution in [2.75, 3.05) is 0 Å². The fourth-order valence-electron chi connectivity index (χ4n) is 1.73. The predicted molar refractivity (Wildman–Crippen MR) is 81.5 cm³/mol. The van der Waals surface area contributed by atoms with Gasteiger partial charge < -0.3 is 4.74 Å². The second kappa shape index (κ2) is 6.87. The van der Waals surface area contributed by atoms with Crippen LogP contribution in [-0.2, 0) is 11.9 Å². The highest BCUT2D eigenvalue weighted by Gasteiger charge is 2.17. The number of rotatable bonds is 5. The molecule has 2 rings (SSSR count). The van der Waals surface area contributed by atoms with Crippen molar-refractivity contribution in [1.82, 2.24) is 0 Å². The van der Waals surface area contributed by atoms with Crippen molar-refractivity contribution in [3.63, 3.8) is 0 Å². The number of hydrogen-bond acceptors (Lipinski definition) is 3. The molecular formula is C14H10BrClFNO3. The van der Waals surface area contributed by atoms with Crippen LogP contribution in [0.5, 0.6) is 5.75 Å². The van der Waals surface area contributed by atoms with Gasteiger partial charge in [-0.1, -0.05) is 45.7 Å². The normalized spacial score (nSPS) is 10.4. The molecule has 0 amide bonds. The molecule has 2 aromatic rings. The van der Waals surface area contributed by atoms with Crippen LogP contribution >= 0.6 is 27.5 Å². The molecule has 0 fully saturated rings. The quantitative estimate of drug-likeness (QED) is 0.426. The molecule has 4 nitrogen and oxygen atoms in total. The molecule has 0 radical (unpaired) electrons. The zero-order chi connectivity index (χ0) is 15.4. The lowest BCUT2D eigenvalue weighted by atomic mass is 10.2. The monoisotopic (exact) mass is 373 g/mol. The lowest BCUT2D eigenvalue weighted by molar-refractivity contribution is -0.386. The molecule has 2 aromatic carbocycles. The van der Waals surface area contributed by atoms with Gasteiger partial charge in [0.1, 0.15) is 12.4 Å². The van der Waals surface area contributed by atoms with Gasteiger partial charge in [-0.15, -0.1) is 0 Å². The van der Waals surface area contributed by atoms with Crippen LogP contribution < -0.4 is 4.74 Å². The van der Waals surface area contributed by atoms with Gasteiger partial charge in [0.2, 0.25) is 0 Å². The van der Waals surface area contributed by atoms with Crippen molar-refractivity contribution in [1.29, 1.82) is 0 Å². The van der Waals surface area contributed by atoms with E-state index in [9.17, 15) is 14.5 Å². The van der Waals surface area contributed by atoms with E-state index in [-0.39, 0.29) is 28.6 Å². The zero-order valence-corrected chi connectivity index (χ0v) is 13.0. The van der Waals surface area contributed by atoms with Crippen molar-refractivity contribution >= 4 is 33.2 Å². The first-order valence-corrected chi connectivity index (χ1v) is 7.42. The maximum atomic E-state index is 13.7. The van der Waals surface area contributed by atoms with E-state index in [1.54, 1.807) is 12.1 Å². The highest BCUT2D eigenvalue weighted by molar-refractivity contribution is 9.08. The number of ether oxygens (including phenoxy) is 1. The molecule has 0 aliphatic rings. The molecule has 0 spiro atoms. The SMILES string of the molecule is O=[N+]([O-])c1cc(CBr)ccc1OCc1cccc(Cl)c1F. The van der Waals surface area contributed by atoms with Crippen LogP contribution in [0.2, 0.25) is 5.02 Å². The Labute approximate surface area is 133 Å². The van der Waals surface area contributed by atoms with Crippen molar-refractivity contribution in [3.05, 3.63) is 68.5 Å². The smallest absolute Gasteiger partial charge is 0.311 e. The summed E-state index contributed by atoms with van der Waals surface area (Å²) < 4.78 is 19.1. The van der Waals surface area contributed by atoms with Crippen molar-refractivity contribution < 1.29 is 14.1 Å². The minimum absolute atomic E-state index is 0.0137. The van der Waals surface area contributed by atoms with Gasteiger partial charge >= 0.3 is 5.69 Å². The Morgan fingerprint density at radius 2 is 2.10 bits per heavy atom. The van der Waals surface area contributed by atoms with E-state index in [1.165, 1.54) is 24.3 Å². The van der Waals surface area contributed by atoms with Gasteiger partial charge in [0.05, 0.1) is 9.95 Å². The molecule has 0 N–H and O–H groups in total. The van der Waals surface area contributed by atoms with Gasteiger partial charge in [0.15, 0.2) is 5.75 Å². The maximum Gasteiger partial charge on any atom is 0.311 e. The number of benzene rings is 2. The van der Waals surface area contributed by atoms with Crippen LogP contribution in [0.1, 0.15) is 11.1 Å². The number of hydrogen-bond donors (Lipinski definition) is 0. The van der Waals surface area contributed by atoms with E-state index in [1.807, 2.05) is 0 Å². The van der Waals surface area contributed by atoms with Crippen LogP contribution in [0.25, 0.3) is 0 Å². The Kier molecular flexibility index (Phi) is 5.14. The summed E-state index contributed by atoms with van der Waals surface area (Å²) in [5, 5.41) is 11.5. The van der Waals surface area contributed by atoms with Crippen molar-refractivity contribution in [2.24, 2.45) is 0 Å². The Bertz CT molecular complexity index is 681. The Hall–Kier alpha value is -1.66. The van der Waals surface area contributed by atoms with Crippen LogP contribution in [0.3, 0.4) is 0 Å². The topological polar surface area (TPSA) is 52.4 Å². The third-order valence-electron chi connectivity index (χ3n) is 2.79. The lowest BCUT2D eigenvalue weighted by Gasteiger charge is -2.09. The summed E-state index contributed by atoms with van der Waals surface area (Å²) in [5.41, 5.74) is 0.832. The fourth-order valence-corrected chi connectivity index (χ4v) is 2.27. The number of halogens is 3. The predicted octanol–water partition coefficient (Wildman–Crippen LogP) is 4.86. The highest BCUT2D eigenvalue weighted by Crippen LogP contribution is 2.30. The number of nitro groups is 1. The largest absolute Gasteiger partial charge is 0.482 e. The zero-order valence-electron chi connectivity index (χ0n) is 10.7. The summed E-state index contributed by atoms with van der Waals surface area (Å²) in [5.74, 6) is -0.497. The summed E-state index contributed by atoms with van der Waals surface area (Å²) in [4.78, 5) is 10.5. The van der Waals surface area contributed by atoms with Crippen LogP contribution in [0, 0.1) is 15.9 Å². The molecule has 110 valence electrons. The first kappa shape index (κ1) is 15.7. The second-order valence-corrected chi connectivity index (χ2v) is 5.16. The van der Waals surface area contributed by atoms with Gasteiger partial charge in [-0.05, 0) is 17.7 Å². The van der Waals surface area contributed by atoms with E-state index in [2.05, 4.69) is 15.9 Å². The molecule has 0 saturated carbocycles. The van der Waals surface area contributed by atoms with E-state index < -0.39 is 10.7 Å². The molecule has 0 atom stereocenters. The second-order valence-electron chi connectivity index (χ2n) is 4.19. The van der Waals surface area contributed by atoms with Crippen LogP contribution in [-0.4, -0.2) is 4.92 Å². The Balaban J connectivity index is 2.23. The minimum Gasteiger partial charge on any atom is -0.482 e. The molecule has 0 unspecified atom stereocenters. The standard InChI is InChI=1S/C14H10BrClFNO3/c15-7-9-4-5-13(12(6-9)18(19)20)21-8-10-2-1-3-11(16)14(10)17/h1-6H,7-8H2. The maximum absolute atomic E-state index is 13.7. The third kappa shape index (κ3) is 3.71.